The van der Waals surface area contributed by atoms with Crippen molar-refractivity contribution in [2.24, 2.45) is 0 Å². The lowest BCUT2D eigenvalue weighted by Crippen LogP contribution is -1.80. The van der Waals surface area contributed by atoms with Crippen LogP contribution in [0.4, 0.5) is 0 Å². The van der Waals surface area contributed by atoms with Crippen LogP contribution in [0.5, 0.6) is 0 Å². The van der Waals surface area contributed by atoms with E-state index in [0.717, 1.165) is 5.52 Å². The molecule has 1 heterocycles. The van der Waals surface area contributed by atoms with Crippen LogP contribution in [0, 0.1) is 0 Å². The highest BCUT2D eigenvalue weighted by Crippen LogP contribution is 2.22. The molecule has 2 aromatic carbocycles. The van der Waals surface area contributed by atoms with Crippen molar-refractivity contribution in [3.05, 3.63) is 54.7 Å². The maximum atomic E-state index is 4.41. The van der Waals surface area contributed by atoms with Crippen molar-refractivity contribution in [1.82, 2.24) is 4.98 Å². The molecule has 0 radical (unpaired) electrons. The third-order valence-corrected chi connectivity index (χ3v) is 2.50. The summed E-state index contributed by atoms with van der Waals surface area (Å²) < 4.78 is 0. The van der Waals surface area contributed by atoms with Crippen LogP contribution in [0.2, 0.25) is 0 Å². The van der Waals surface area contributed by atoms with E-state index >= 15 is 0 Å². The first kappa shape index (κ1) is 7.51. The van der Waals surface area contributed by atoms with Crippen molar-refractivity contribution in [3.63, 3.8) is 0 Å². The quantitative estimate of drug-likeness (QED) is 0.482. The second kappa shape index (κ2) is 2.81. The molecule has 0 unspecified atom stereocenters. The van der Waals surface area contributed by atoms with Gasteiger partial charge in [0.25, 0.3) is 0 Å². The van der Waals surface area contributed by atoms with E-state index in [1.54, 1.807) is 0 Å². The molecule has 0 aliphatic carbocycles. The standard InChI is InChI=1S/C13H9N/c1-2-6-11-10(5-1)9-14-13-8-4-3-7-12(11)13/h1-9H/p+1. The highest BCUT2D eigenvalue weighted by molar-refractivity contribution is 6.05. The first-order valence-electron chi connectivity index (χ1n) is 4.68. The third-order valence-electron chi connectivity index (χ3n) is 2.50. The predicted octanol–water partition coefficient (Wildman–Crippen LogP) is 3.50. The van der Waals surface area contributed by atoms with Crippen LogP contribution in [-0.2, 0) is 0 Å². The molecule has 3 rings (SSSR count). The average molecular weight is 180 g/mol. The van der Waals surface area contributed by atoms with Gasteiger partial charge in [-0.2, -0.15) is 0 Å². The van der Waals surface area contributed by atoms with Gasteiger partial charge in [-0.3, -0.25) is 4.98 Å². The average Bonchev–Trinajstić information content (AvgIpc) is 2.29. The van der Waals surface area contributed by atoms with E-state index in [1.807, 2.05) is 24.4 Å². The van der Waals surface area contributed by atoms with E-state index in [4.69, 9.17) is 0 Å². The highest BCUT2D eigenvalue weighted by atomic mass is 14.6. The minimum absolute atomic E-state index is 0. The van der Waals surface area contributed by atoms with Gasteiger partial charge < -0.3 is 0 Å². The lowest BCUT2D eigenvalue weighted by molar-refractivity contribution is 1.44. The van der Waals surface area contributed by atoms with Crippen LogP contribution in [0.1, 0.15) is 1.43 Å². The molecule has 3 aromatic rings. The van der Waals surface area contributed by atoms with Crippen LogP contribution in [0.3, 0.4) is 0 Å². The maximum Gasteiger partial charge on any atom is 1.00 e. The van der Waals surface area contributed by atoms with E-state index in [1.165, 1.54) is 16.2 Å². The maximum absolute atomic E-state index is 4.41. The Kier molecular flexibility index (Phi) is 1.51. The summed E-state index contributed by atoms with van der Waals surface area (Å²) in [5.74, 6) is 0. The number of hydrogen-bond donors (Lipinski definition) is 0. The Morgan fingerprint density at radius 2 is 1.50 bits per heavy atom. The molecule has 0 fully saturated rings. The van der Waals surface area contributed by atoms with Gasteiger partial charge in [-0.15, -0.1) is 0 Å². The summed E-state index contributed by atoms with van der Waals surface area (Å²) in [5.41, 5.74) is 1.06. The monoisotopic (exact) mass is 180 g/mol. The van der Waals surface area contributed by atoms with Crippen LogP contribution in [0.25, 0.3) is 21.7 Å². The molecular formula is C13H10N+. The minimum atomic E-state index is 0. The number of aromatic nitrogens is 1. The Labute approximate surface area is 83.5 Å². The molecule has 14 heavy (non-hydrogen) atoms. The van der Waals surface area contributed by atoms with Gasteiger partial charge in [0, 0.05) is 17.0 Å². The summed E-state index contributed by atoms with van der Waals surface area (Å²) in [6, 6.07) is 16.6. The lowest BCUT2D eigenvalue weighted by Gasteiger charge is -2.01. The summed E-state index contributed by atoms with van der Waals surface area (Å²) >= 11 is 0. The number of pyridine rings is 1. The second-order valence-corrected chi connectivity index (χ2v) is 3.36. The van der Waals surface area contributed by atoms with Gasteiger partial charge in [-0.05, 0) is 11.5 Å². The Balaban J connectivity index is 0.000000853. The minimum Gasteiger partial charge on any atom is -0.256 e. The molecule has 0 aliphatic heterocycles. The molecule has 0 aliphatic rings. The van der Waals surface area contributed by atoms with Gasteiger partial charge in [-0.25, -0.2) is 0 Å². The van der Waals surface area contributed by atoms with Gasteiger partial charge in [-0.1, -0.05) is 42.5 Å². The molecule has 1 nitrogen and oxygen atoms in total. The molecule has 0 N–H and O–H groups in total. The zero-order valence-electron chi connectivity index (χ0n) is 8.64. The summed E-state index contributed by atoms with van der Waals surface area (Å²) in [4.78, 5) is 4.41. The molecule has 1 aromatic heterocycles. The molecule has 66 valence electrons. The SMILES string of the molecule is [H+].c1ccc2c(c1)cnc1ccccc12. The Bertz CT molecular complexity index is 550. The Morgan fingerprint density at radius 1 is 0.786 bits per heavy atom. The van der Waals surface area contributed by atoms with Crippen molar-refractivity contribution in [2.75, 3.05) is 0 Å². The van der Waals surface area contributed by atoms with E-state index < -0.39 is 0 Å². The van der Waals surface area contributed by atoms with Crippen molar-refractivity contribution in [1.29, 1.82) is 0 Å². The highest BCUT2D eigenvalue weighted by Gasteiger charge is 1.98. The smallest absolute Gasteiger partial charge is 0.256 e. The summed E-state index contributed by atoms with van der Waals surface area (Å²) in [6.07, 6.45) is 1.93. The van der Waals surface area contributed by atoms with E-state index in [-0.39, 0.29) is 1.43 Å². The van der Waals surface area contributed by atoms with Gasteiger partial charge in [0.05, 0.1) is 5.52 Å². The van der Waals surface area contributed by atoms with Crippen LogP contribution in [0.15, 0.2) is 54.7 Å². The number of rotatable bonds is 0. The number of fused-ring (bicyclic) bond motifs is 3. The molecule has 0 saturated heterocycles. The lowest BCUT2D eigenvalue weighted by atomic mass is 10.1. The van der Waals surface area contributed by atoms with Gasteiger partial charge >= 0.3 is 1.43 Å². The van der Waals surface area contributed by atoms with E-state index in [2.05, 4.69) is 35.3 Å². The zero-order chi connectivity index (χ0) is 9.38. The third kappa shape index (κ3) is 0.990. The van der Waals surface area contributed by atoms with E-state index in [0.29, 0.717) is 0 Å². The fourth-order valence-corrected chi connectivity index (χ4v) is 1.81. The number of hydrogen-bond acceptors (Lipinski definition) is 1. The summed E-state index contributed by atoms with van der Waals surface area (Å²) in [6.45, 7) is 0. The van der Waals surface area contributed by atoms with Crippen LogP contribution < -0.4 is 0 Å². The summed E-state index contributed by atoms with van der Waals surface area (Å²) in [5, 5.41) is 3.70. The topological polar surface area (TPSA) is 12.9 Å². The second-order valence-electron chi connectivity index (χ2n) is 3.36. The normalized spacial score (nSPS) is 10.9. The van der Waals surface area contributed by atoms with Gasteiger partial charge in [0.1, 0.15) is 0 Å². The Hall–Kier alpha value is -1.89. The molecule has 0 saturated carbocycles. The molecule has 1 heteroatoms. The van der Waals surface area contributed by atoms with Crippen molar-refractivity contribution >= 4 is 21.7 Å². The zero-order valence-corrected chi connectivity index (χ0v) is 7.64. The van der Waals surface area contributed by atoms with Crippen LogP contribution in [-0.4, -0.2) is 4.98 Å². The largest absolute Gasteiger partial charge is 1.00 e. The molecule has 0 amide bonds. The Morgan fingerprint density at radius 3 is 2.43 bits per heavy atom. The van der Waals surface area contributed by atoms with Gasteiger partial charge in [0.2, 0.25) is 0 Å². The van der Waals surface area contributed by atoms with Crippen molar-refractivity contribution < 1.29 is 1.43 Å². The van der Waals surface area contributed by atoms with Crippen LogP contribution >= 0.6 is 0 Å². The molecule has 0 atom stereocenters. The van der Waals surface area contributed by atoms with Crippen molar-refractivity contribution in [2.45, 2.75) is 0 Å². The first-order chi connectivity index (χ1) is 6.95. The molecule has 0 bridgehead atoms. The number of benzene rings is 2. The summed E-state index contributed by atoms with van der Waals surface area (Å²) in [7, 11) is 0. The van der Waals surface area contributed by atoms with Gasteiger partial charge in [0.15, 0.2) is 0 Å². The predicted molar refractivity (Wildman–Crippen MR) is 60.4 cm³/mol. The number of para-hydroxylation sites is 1. The fourth-order valence-electron chi connectivity index (χ4n) is 1.81. The van der Waals surface area contributed by atoms with Crippen molar-refractivity contribution in [3.8, 4) is 0 Å². The van der Waals surface area contributed by atoms with E-state index in [9.17, 15) is 0 Å². The molecular weight excluding hydrogens is 170 g/mol. The number of nitrogens with zero attached hydrogens (tertiary/aromatic N) is 1. The fraction of sp³-hybridized carbons (Fsp3) is 0. The first-order valence-corrected chi connectivity index (χ1v) is 4.68. The molecule has 0 spiro atoms.